The molecule has 0 amide bonds. The summed E-state index contributed by atoms with van der Waals surface area (Å²) >= 11 is 0. The topological polar surface area (TPSA) is 21.3 Å². The fraction of sp³-hybridized carbons (Fsp3) is 0.368. The summed E-state index contributed by atoms with van der Waals surface area (Å²) in [6.45, 7) is 5.25. The molecule has 1 saturated heterocycles. The van der Waals surface area contributed by atoms with E-state index in [2.05, 4.69) is 67.7 Å². The Balaban J connectivity index is 1.80. The highest BCUT2D eigenvalue weighted by Crippen LogP contribution is 2.32. The monoisotopic (exact) mass is 281 g/mol. The quantitative estimate of drug-likeness (QED) is 0.916. The Hall–Kier alpha value is -1.64. The highest BCUT2D eigenvalue weighted by Gasteiger charge is 2.29. The predicted octanol–water partition coefficient (Wildman–Crippen LogP) is 4.04. The lowest BCUT2D eigenvalue weighted by molar-refractivity contribution is -0.0632. The highest BCUT2D eigenvalue weighted by atomic mass is 16.5. The van der Waals surface area contributed by atoms with Crippen LogP contribution in [0.5, 0.6) is 0 Å². The van der Waals surface area contributed by atoms with Gasteiger partial charge in [0, 0.05) is 12.6 Å². The molecule has 21 heavy (non-hydrogen) atoms. The number of aryl methyl sites for hydroxylation is 1. The molecule has 0 aromatic heterocycles. The summed E-state index contributed by atoms with van der Waals surface area (Å²) in [4.78, 5) is 0. The van der Waals surface area contributed by atoms with Gasteiger partial charge in [0.1, 0.15) is 0 Å². The zero-order chi connectivity index (χ0) is 14.7. The van der Waals surface area contributed by atoms with Crippen LogP contribution < -0.4 is 5.32 Å². The van der Waals surface area contributed by atoms with E-state index >= 15 is 0 Å². The van der Waals surface area contributed by atoms with Gasteiger partial charge in [-0.05, 0) is 30.0 Å². The zero-order valence-corrected chi connectivity index (χ0v) is 12.8. The first-order valence-electron chi connectivity index (χ1n) is 7.80. The van der Waals surface area contributed by atoms with Gasteiger partial charge in [-0.3, -0.25) is 0 Å². The van der Waals surface area contributed by atoms with Crippen LogP contribution in [0.25, 0.3) is 0 Å². The number of morpholine rings is 1. The van der Waals surface area contributed by atoms with Gasteiger partial charge in [-0.1, -0.05) is 61.5 Å². The second-order valence-corrected chi connectivity index (χ2v) is 5.75. The van der Waals surface area contributed by atoms with E-state index in [1.807, 2.05) is 6.07 Å². The van der Waals surface area contributed by atoms with Crippen molar-refractivity contribution in [1.82, 2.24) is 5.32 Å². The number of ether oxygens (including phenoxy) is 1. The lowest BCUT2D eigenvalue weighted by atomic mass is 9.98. The van der Waals surface area contributed by atoms with Gasteiger partial charge in [0.05, 0.1) is 12.2 Å². The summed E-state index contributed by atoms with van der Waals surface area (Å²) in [6.07, 6.45) is 1.31. The smallest absolute Gasteiger partial charge is 0.0984 e. The Morgan fingerprint density at radius 2 is 1.71 bits per heavy atom. The normalized spacial score (nSPS) is 25.7. The lowest BCUT2D eigenvalue weighted by Gasteiger charge is -2.36. The molecule has 0 aliphatic carbocycles. The minimum absolute atomic E-state index is 0.106. The standard InChI is InChI=1S/C19H23NO/c1-3-15-9-11-17(12-10-15)19-14(2)20-13-18(21-19)16-7-5-4-6-8-16/h4-12,14,18-20H,3,13H2,1-2H3. The summed E-state index contributed by atoms with van der Waals surface area (Å²) in [5.41, 5.74) is 3.87. The second-order valence-electron chi connectivity index (χ2n) is 5.75. The fourth-order valence-corrected chi connectivity index (χ4v) is 2.92. The maximum absolute atomic E-state index is 6.38. The van der Waals surface area contributed by atoms with Gasteiger partial charge in [0.15, 0.2) is 0 Å². The van der Waals surface area contributed by atoms with Crippen molar-refractivity contribution in [2.75, 3.05) is 6.54 Å². The molecule has 2 aromatic carbocycles. The van der Waals surface area contributed by atoms with Crippen LogP contribution in [0.3, 0.4) is 0 Å². The highest BCUT2D eigenvalue weighted by molar-refractivity contribution is 5.26. The van der Waals surface area contributed by atoms with Gasteiger partial charge in [-0.15, -0.1) is 0 Å². The molecule has 0 saturated carbocycles. The molecule has 1 fully saturated rings. The van der Waals surface area contributed by atoms with Gasteiger partial charge < -0.3 is 10.1 Å². The van der Waals surface area contributed by atoms with Crippen molar-refractivity contribution >= 4 is 0 Å². The molecule has 0 radical (unpaired) electrons. The average Bonchev–Trinajstić information content (AvgIpc) is 2.56. The molecule has 1 N–H and O–H groups in total. The molecule has 2 aromatic rings. The van der Waals surface area contributed by atoms with E-state index in [1.165, 1.54) is 16.7 Å². The summed E-state index contributed by atoms with van der Waals surface area (Å²) in [6, 6.07) is 19.6. The van der Waals surface area contributed by atoms with Gasteiger partial charge in [0.25, 0.3) is 0 Å². The van der Waals surface area contributed by atoms with Crippen molar-refractivity contribution in [2.45, 2.75) is 38.5 Å². The molecule has 2 heteroatoms. The summed E-state index contributed by atoms with van der Waals surface area (Å²) in [5.74, 6) is 0. The molecule has 1 aliphatic heterocycles. The lowest BCUT2D eigenvalue weighted by Crippen LogP contribution is -2.43. The molecule has 0 bridgehead atoms. The third-order valence-electron chi connectivity index (χ3n) is 4.28. The molecule has 0 spiro atoms. The predicted molar refractivity (Wildman–Crippen MR) is 86.3 cm³/mol. The second kappa shape index (κ2) is 6.42. The van der Waals surface area contributed by atoms with Crippen LogP contribution in [0.4, 0.5) is 0 Å². The Bertz CT molecular complexity index is 564. The van der Waals surface area contributed by atoms with Crippen LogP contribution in [-0.2, 0) is 11.2 Å². The fourth-order valence-electron chi connectivity index (χ4n) is 2.92. The van der Waals surface area contributed by atoms with Gasteiger partial charge >= 0.3 is 0 Å². The molecule has 1 heterocycles. The van der Waals surface area contributed by atoms with E-state index < -0.39 is 0 Å². The van der Waals surface area contributed by atoms with E-state index in [1.54, 1.807) is 0 Å². The zero-order valence-electron chi connectivity index (χ0n) is 12.8. The van der Waals surface area contributed by atoms with Crippen LogP contribution in [0, 0.1) is 0 Å². The number of hydrogen-bond acceptors (Lipinski definition) is 2. The first kappa shape index (κ1) is 14.3. The van der Waals surface area contributed by atoms with Gasteiger partial charge in [-0.25, -0.2) is 0 Å². The first-order chi connectivity index (χ1) is 10.3. The van der Waals surface area contributed by atoms with Crippen LogP contribution >= 0.6 is 0 Å². The first-order valence-corrected chi connectivity index (χ1v) is 7.80. The molecular weight excluding hydrogens is 258 g/mol. The largest absolute Gasteiger partial charge is 0.363 e. The third kappa shape index (κ3) is 3.17. The van der Waals surface area contributed by atoms with Gasteiger partial charge in [-0.2, -0.15) is 0 Å². The Kier molecular flexibility index (Phi) is 4.37. The molecule has 110 valence electrons. The van der Waals surface area contributed by atoms with Crippen molar-refractivity contribution in [3.8, 4) is 0 Å². The molecule has 3 atom stereocenters. The summed E-state index contributed by atoms with van der Waals surface area (Å²) in [7, 11) is 0. The molecule has 3 unspecified atom stereocenters. The Morgan fingerprint density at radius 1 is 1.00 bits per heavy atom. The van der Waals surface area contributed by atoms with E-state index in [-0.39, 0.29) is 12.2 Å². The molecular formula is C19H23NO. The van der Waals surface area contributed by atoms with Crippen LogP contribution in [0.15, 0.2) is 54.6 Å². The molecule has 3 rings (SSSR count). The van der Waals surface area contributed by atoms with E-state index in [0.29, 0.717) is 6.04 Å². The minimum atomic E-state index is 0.106. The number of rotatable bonds is 3. The maximum atomic E-state index is 6.38. The van der Waals surface area contributed by atoms with E-state index in [9.17, 15) is 0 Å². The van der Waals surface area contributed by atoms with Crippen LogP contribution in [-0.4, -0.2) is 12.6 Å². The minimum Gasteiger partial charge on any atom is -0.363 e. The Labute approximate surface area is 127 Å². The van der Waals surface area contributed by atoms with Crippen molar-refractivity contribution in [1.29, 1.82) is 0 Å². The third-order valence-corrected chi connectivity index (χ3v) is 4.28. The van der Waals surface area contributed by atoms with Crippen LogP contribution in [0.2, 0.25) is 0 Å². The summed E-state index contributed by atoms with van der Waals surface area (Å²) in [5, 5.41) is 3.58. The average molecular weight is 281 g/mol. The Morgan fingerprint density at radius 3 is 2.38 bits per heavy atom. The number of nitrogens with one attached hydrogen (secondary N) is 1. The van der Waals surface area contributed by atoms with E-state index in [4.69, 9.17) is 4.74 Å². The van der Waals surface area contributed by atoms with Gasteiger partial charge in [0.2, 0.25) is 0 Å². The summed E-state index contributed by atoms with van der Waals surface area (Å²) < 4.78 is 6.38. The SMILES string of the molecule is CCc1ccc(C2OC(c3ccccc3)CNC2C)cc1. The molecule has 2 nitrogen and oxygen atoms in total. The molecule has 1 aliphatic rings. The van der Waals surface area contributed by atoms with Crippen molar-refractivity contribution in [3.05, 3.63) is 71.3 Å². The van der Waals surface area contributed by atoms with E-state index in [0.717, 1.165) is 13.0 Å². The van der Waals surface area contributed by atoms with Crippen molar-refractivity contribution < 1.29 is 4.74 Å². The maximum Gasteiger partial charge on any atom is 0.0984 e. The van der Waals surface area contributed by atoms with Crippen molar-refractivity contribution in [2.24, 2.45) is 0 Å². The van der Waals surface area contributed by atoms with Crippen LogP contribution in [0.1, 0.15) is 42.7 Å². The van der Waals surface area contributed by atoms with Crippen molar-refractivity contribution in [3.63, 3.8) is 0 Å². The number of benzene rings is 2. The number of hydrogen-bond donors (Lipinski definition) is 1.